The highest BCUT2D eigenvalue weighted by Crippen LogP contribution is 2.21. The molecule has 35 heavy (non-hydrogen) atoms. The van der Waals surface area contributed by atoms with Gasteiger partial charge in [-0.1, -0.05) is 38.3 Å². The highest BCUT2D eigenvalue weighted by molar-refractivity contribution is 5.90. The highest BCUT2D eigenvalue weighted by Gasteiger charge is 2.39. The Kier molecular flexibility index (Phi) is 9.73. The number of carbonyl (C=O) groups excluding carboxylic acids is 2. The van der Waals surface area contributed by atoms with E-state index in [4.69, 9.17) is 10.5 Å². The Morgan fingerprint density at radius 2 is 1.94 bits per heavy atom. The number of carboxylic acid groups (broad SMARTS) is 1. The van der Waals surface area contributed by atoms with Gasteiger partial charge < -0.3 is 36.0 Å². The fourth-order valence-corrected chi connectivity index (χ4v) is 4.94. The second-order valence-corrected chi connectivity index (χ2v) is 9.31. The third-order valence-electron chi connectivity index (χ3n) is 7.02. The second kappa shape index (κ2) is 12.7. The number of piperazine rings is 1. The average molecular weight is 490 g/mol. The number of nitrogens with one attached hydrogen (secondary N) is 2. The van der Waals surface area contributed by atoms with Crippen LogP contribution in [0.3, 0.4) is 0 Å². The first kappa shape index (κ1) is 26.7. The minimum Gasteiger partial charge on any atom is -0.496 e. The van der Waals surface area contributed by atoms with E-state index in [9.17, 15) is 19.5 Å². The van der Waals surface area contributed by atoms with Crippen molar-refractivity contribution in [2.75, 3.05) is 26.7 Å². The van der Waals surface area contributed by atoms with E-state index in [1.165, 1.54) is 11.3 Å². The number of hydrogen-bond acceptors (Lipinski definition) is 6. The van der Waals surface area contributed by atoms with Gasteiger partial charge in [-0.2, -0.15) is 0 Å². The molecule has 3 rings (SSSR count). The normalized spacial score (nSPS) is 19.8. The fraction of sp³-hybridized carbons (Fsp3) is 0.640. The lowest BCUT2D eigenvalue weighted by Gasteiger charge is -2.41. The van der Waals surface area contributed by atoms with E-state index < -0.39 is 18.2 Å². The number of nitrogens with two attached hydrogens (primary N) is 1. The third kappa shape index (κ3) is 6.85. The van der Waals surface area contributed by atoms with Crippen LogP contribution in [-0.2, 0) is 22.7 Å². The number of rotatable bonds is 9. The topological polar surface area (TPSA) is 137 Å². The second-order valence-electron chi connectivity index (χ2n) is 9.31. The van der Waals surface area contributed by atoms with Gasteiger partial charge in [0.25, 0.3) is 0 Å². The van der Waals surface area contributed by atoms with Crippen molar-refractivity contribution < 1.29 is 24.2 Å². The monoisotopic (exact) mass is 489 g/mol. The van der Waals surface area contributed by atoms with Crippen LogP contribution in [0, 0.1) is 0 Å². The molecular weight excluding hydrogens is 450 g/mol. The Morgan fingerprint density at radius 3 is 2.57 bits per heavy atom. The Hall–Kier alpha value is -2.85. The summed E-state index contributed by atoms with van der Waals surface area (Å²) in [5.41, 5.74) is 7.41. The number of methoxy groups -OCH3 is 1. The van der Waals surface area contributed by atoms with Crippen LogP contribution in [0.2, 0.25) is 0 Å². The van der Waals surface area contributed by atoms with Crippen LogP contribution in [0.4, 0.5) is 4.79 Å². The zero-order valence-electron chi connectivity index (χ0n) is 20.8. The SMILES string of the molecule is CCC(NC1CCCCC1)C(=O)N1CCN(C(=O)O)C[C@H]1C(=O)NCc1ccc(CN)c(OC)c1. The summed E-state index contributed by atoms with van der Waals surface area (Å²) >= 11 is 0. The molecule has 2 aliphatic rings. The maximum absolute atomic E-state index is 13.5. The lowest BCUT2D eigenvalue weighted by atomic mass is 9.94. The molecule has 2 atom stereocenters. The van der Waals surface area contributed by atoms with E-state index in [-0.39, 0.29) is 38.0 Å². The fourth-order valence-electron chi connectivity index (χ4n) is 4.94. The lowest BCUT2D eigenvalue weighted by Crippen LogP contribution is -2.64. The maximum atomic E-state index is 13.5. The van der Waals surface area contributed by atoms with Gasteiger partial charge in [-0.3, -0.25) is 9.59 Å². The largest absolute Gasteiger partial charge is 0.496 e. The standard InChI is InChI=1S/C25H39N5O5/c1-3-20(28-19-7-5-4-6-8-19)24(32)30-12-11-29(25(33)34)16-21(30)23(31)27-15-17-9-10-18(14-26)22(13-17)35-2/h9-10,13,19-21,28H,3-8,11-12,14-16,26H2,1-2H3,(H,27,31)(H,33,34)/t20?,21-/m0/s1. The molecule has 0 radical (unpaired) electrons. The summed E-state index contributed by atoms with van der Waals surface area (Å²) in [4.78, 5) is 41.1. The first-order chi connectivity index (χ1) is 16.9. The van der Waals surface area contributed by atoms with Crippen LogP contribution in [0.5, 0.6) is 5.75 Å². The number of amides is 3. The van der Waals surface area contributed by atoms with Crippen molar-refractivity contribution in [1.82, 2.24) is 20.4 Å². The molecule has 5 N–H and O–H groups in total. The molecule has 1 unspecified atom stereocenters. The Labute approximate surface area is 207 Å². The molecule has 3 amide bonds. The zero-order valence-corrected chi connectivity index (χ0v) is 20.8. The molecule has 1 aliphatic carbocycles. The van der Waals surface area contributed by atoms with Crippen molar-refractivity contribution in [2.45, 2.75) is 76.7 Å². The first-order valence-corrected chi connectivity index (χ1v) is 12.6. The first-order valence-electron chi connectivity index (χ1n) is 12.6. The van der Waals surface area contributed by atoms with Gasteiger partial charge in [0.1, 0.15) is 11.8 Å². The summed E-state index contributed by atoms with van der Waals surface area (Å²) in [5.74, 6) is 0.126. The average Bonchev–Trinajstić information content (AvgIpc) is 2.89. The molecular formula is C25H39N5O5. The maximum Gasteiger partial charge on any atom is 0.407 e. The number of benzene rings is 1. The molecule has 0 spiro atoms. The minimum atomic E-state index is -1.09. The van der Waals surface area contributed by atoms with Gasteiger partial charge in [-0.25, -0.2) is 4.79 Å². The van der Waals surface area contributed by atoms with Crippen molar-refractivity contribution in [2.24, 2.45) is 5.73 Å². The van der Waals surface area contributed by atoms with E-state index in [1.54, 1.807) is 12.0 Å². The molecule has 1 aromatic rings. The Morgan fingerprint density at radius 1 is 1.20 bits per heavy atom. The highest BCUT2D eigenvalue weighted by atomic mass is 16.5. The zero-order chi connectivity index (χ0) is 25.4. The third-order valence-corrected chi connectivity index (χ3v) is 7.02. The van der Waals surface area contributed by atoms with Crippen molar-refractivity contribution in [3.05, 3.63) is 29.3 Å². The number of ether oxygens (including phenoxy) is 1. The van der Waals surface area contributed by atoms with E-state index in [2.05, 4.69) is 10.6 Å². The van der Waals surface area contributed by atoms with Crippen LogP contribution in [0.1, 0.15) is 56.6 Å². The molecule has 2 fully saturated rings. The smallest absolute Gasteiger partial charge is 0.407 e. The predicted octanol–water partition coefficient (Wildman–Crippen LogP) is 1.66. The van der Waals surface area contributed by atoms with Gasteiger partial charge in [0, 0.05) is 37.8 Å². The molecule has 10 nitrogen and oxygen atoms in total. The van der Waals surface area contributed by atoms with Crippen LogP contribution in [0.25, 0.3) is 0 Å². The van der Waals surface area contributed by atoms with Crippen LogP contribution < -0.4 is 21.1 Å². The van der Waals surface area contributed by atoms with Crippen LogP contribution in [0.15, 0.2) is 18.2 Å². The predicted molar refractivity (Wildman–Crippen MR) is 132 cm³/mol. The summed E-state index contributed by atoms with van der Waals surface area (Å²) in [6.07, 6.45) is 5.15. The minimum absolute atomic E-state index is 0.0534. The number of nitrogens with zero attached hydrogens (tertiary/aromatic N) is 2. The molecule has 0 bridgehead atoms. The van der Waals surface area contributed by atoms with Gasteiger partial charge in [-0.05, 0) is 30.9 Å². The van der Waals surface area contributed by atoms with Crippen LogP contribution >= 0.6 is 0 Å². The van der Waals surface area contributed by atoms with Gasteiger partial charge >= 0.3 is 6.09 Å². The summed E-state index contributed by atoms with van der Waals surface area (Å²) in [6, 6.07) is 4.55. The van der Waals surface area contributed by atoms with E-state index in [0.29, 0.717) is 24.8 Å². The summed E-state index contributed by atoms with van der Waals surface area (Å²) in [5, 5.41) is 15.9. The van der Waals surface area contributed by atoms with Crippen molar-refractivity contribution in [3.8, 4) is 5.75 Å². The molecule has 1 saturated heterocycles. The van der Waals surface area contributed by atoms with E-state index in [1.807, 2.05) is 25.1 Å². The molecule has 1 aliphatic heterocycles. The molecule has 10 heteroatoms. The molecule has 1 saturated carbocycles. The van der Waals surface area contributed by atoms with E-state index >= 15 is 0 Å². The van der Waals surface area contributed by atoms with Crippen molar-refractivity contribution in [3.63, 3.8) is 0 Å². The number of hydrogen-bond donors (Lipinski definition) is 4. The van der Waals surface area contributed by atoms with Gasteiger partial charge in [0.2, 0.25) is 11.8 Å². The summed E-state index contributed by atoms with van der Waals surface area (Å²) < 4.78 is 5.37. The van der Waals surface area contributed by atoms with Gasteiger partial charge in [0.15, 0.2) is 0 Å². The Balaban J connectivity index is 1.71. The number of carbonyl (C=O) groups is 3. The van der Waals surface area contributed by atoms with Crippen molar-refractivity contribution in [1.29, 1.82) is 0 Å². The van der Waals surface area contributed by atoms with E-state index in [0.717, 1.165) is 36.8 Å². The quantitative estimate of drug-likeness (QED) is 0.414. The van der Waals surface area contributed by atoms with Crippen LogP contribution in [-0.4, -0.2) is 77.7 Å². The molecule has 1 aromatic carbocycles. The molecule has 0 aromatic heterocycles. The Bertz CT molecular complexity index is 889. The summed E-state index contributed by atoms with van der Waals surface area (Å²) in [6.45, 7) is 2.84. The van der Waals surface area contributed by atoms with Gasteiger partial charge in [-0.15, -0.1) is 0 Å². The molecule has 194 valence electrons. The lowest BCUT2D eigenvalue weighted by molar-refractivity contribution is -0.145. The molecule has 1 heterocycles. The van der Waals surface area contributed by atoms with Gasteiger partial charge in [0.05, 0.1) is 19.7 Å². The summed E-state index contributed by atoms with van der Waals surface area (Å²) in [7, 11) is 1.56. The van der Waals surface area contributed by atoms with Crippen molar-refractivity contribution >= 4 is 17.9 Å².